The monoisotopic (exact) mass is 345 g/mol. The Morgan fingerprint density at radius 3 is 2.36 bits per heavy atom. The zero-order valence-corrected chi connectivity index (χ0v) is 14.8. The van der Waals surface area contributed by atoms with E-state index in [-0.39, 0.29) is 17.6 Å². The van der Waals surface area contributed by atoms with Gasteiger partial charge in [-0.15, -0.1) is 0 Å². The first-order valence-corrected chi connectivity index (χ1v) is 7.96. The van der Waals surface area contributed by atoms with Crippen molar-refractivity contribution >= 4 is 5.91 Å². The lowest BCUT2D eigenvalue weighted by atomic mass is 9.77. The van der Waals surface area contributed by atoms with Crippen LogP contribution in [-0.4, -0.2) is 35.2 Å². The van der Waals surface area contributed by atoms with Crippen LogP contribution in [0.1, 0.15) is 30.7 Å². The maximum atomic E-state index is 12.0. The minimum absolute atomic E-state index is 0.0371. The van der Waals surface area contributed by atoms with Gasteiger partial charge >= 0.3 is 6.01 Å². The molecule has 2 rings (SSSR count). The van der Waals surface area contributed by atoms with E-state index in [0.717, 1.165) is 0 Å². The Morgan fingerprint density at radius 1 is 1.24 bits per heavy atom. The van der Waals surface area contributed by atoms with Gasteiger partial charge in [-0.25, -0.2) is 0 Å². The second-order valence-electron chi connectivity index (χ2n) is 5.66. The minimum Gasteiger partial charge on any atom is -0.481 e. The fourth-order valence-corrected chi connectivity index (χ4v) is 2.83. The van der Waals surface area contributed by atoms with Gasteiger partial charge < -0.3 is 20.3 Å². The van der Waals surface area contributed by atoms with Crippen LogP contribution >= 0.6 is 0 Å². The highest BCUT2D eigenvalue weighted by Crippen LogP contribution is 2.40. The average molecular weight is 345 g/mol. The van der Waals surface area contributed by atoms with Crippen LogP contribution < -0.4 is 15.2 Å². The Hall–Kier alpha value is -2.67. The molecule has 1 aromatic carbocycles. The summed E-state index contributed by atoms with van der Waals surface area (Å²) in [6, 6.07) is 8.85. The molecule has 0 bridgehead atoms. The molecule has 2 atom stereocenters. The number of aliphatic hydroxyl groups is 1. The number of carbonyl (C=O) groups is 1. The van der Waals surface area contributed by atoms with Crippen molar-refractivity contribution < 1.29 is 19.4 Å². The van der Waals surface area contributed by atoms with Gasteiger partial charge in [0.15, 0.2) is 0 Å². The lowest BCUT2D eigenvalue weighted by Gasteiger charge is -2.34. The van der Waals surface area contributed by atoms with Crippen molar-refractivity contribution in [2.45, 2.75) is 25.9 Å². The largest absolute Gasteiger partial charge is 0.481 e. The van der Waals surface area contributed by atoms with Gasteiger partial charge in [-0.05, 0) is 12.0 Å². The first-order valence-electron chi connectivity index (χ1n) is 7.96. The molecule has 0 spiro atoms. The van der Waals surface area contributed by atoms with E-state index in [1.165, 1.54) is 14.2 Å². The summed E-state index contributed by atoms with van der Waals surface area (Å²) in [6.07, 6.45) is 0.489. The summed E-state index contributed by atoms with van der Waals surface area (Å²) in [5.74, 6) is -1.30. The number of rotatable bonds is 7. The molecule has 1 aromatic heterocycles. The maximum absolute atomic E-state index is 12.0. The third kappa shape index (κ3) is 3.28. The van der Waals surface area contributed by atoms with Crippen LogP contribution in [0.25, 0.3) is 0 Å². The third-order valence-corrected chi connectivity index (χ3v) is 4.31. The Labute approximate surface area is 146 Å². The van der Waals surface area contributed by atoms with E-state index in [2.05, 4.69) is 9.97 Å². The van der Waals surface area contributed by atoms with Crippen LogP contribution in [0.4, 0.5) is 0 Å². The van der Waals surface area contributed by atoms with E-state index in [1.54, 1.807) is 31.2 Å². The summed E-state index contributed by atoms with van der Waals surface area (Å²) in [7, 11) is 2.90. The predicted octanol–water partition coefficient (Wildman–Crippen LogP) is 1.41. The highest BCUT2D eigenvalue weighted by molar-refractivity contribution is 5.79. The number of ether oxygens (including phenoxy) is 2. The Morgan fingerprint density at radius 2 is 1.88 bits per heavy atom. The summed E-state index contributed by atoms with van der Waals surface area (Å²) in [5.41, 5.74) is 5.11. The summed E-state index contributed by atoms with van der Waals surface area (Å²) >= 11 is 0. The van der Waals surface area contributed by atoms with Gasteiger partial charge in [0, 0.05) is 5.56 Å². The van der Waals surface area contributed by atoms with Gasteiger partial charge in [0.2, 0.25) is 11.8 Å². The van der Waals surface area contributed by atoms with E-state index >= 15 is 0 Å². The van der Waals surface area contributed by atoms with E-state index in [4.69, 9.17) is 15.2 Å². The lowest BCUT2D eigenvalue weighted by molar-refractivity contribution is -0.128. The van der Waals surface area contributed by atoms with E-state index in [9.17, 15) is 9.90 Å². The predicted molar refractivity (Wildman–Crippen MR) is 92.3 cm³/mol. The SMILES string of the molecule is CCc1c(OC)nc(OC)nc1C(O)(c1ccccc1)C(C)C(N)=O. The fourth-order valence-electron chi connectivity index (χ4n) is 2.83. The second-order valence-corrected chi connectivity index (χ2v) is 5.66. The number of methoxy groups -OCH3 is 2. The van der Waals surface area contributed by atoms with E-state index < -0.39 is 17.4 Å². The van der Waals surface area contributed by atoms with Gasteiger partial charge in [-0.2, -0.15) is 9.97 Å². The number of nitrogens with zero attached hydrogens (tertiary/aromatic N) is 2. The maximum Gasteiger partial charge on any atom is 0.319 e. The number of amides is 1. The van der Waals surface area contributed by atoms with Crippen molar-refractivity contribution in [3.05, 3.63) is 47.2 Å². The van der Waals surface area contributed by atoms with Crippen molar-refractivity contribution in [2.75, 3.05) is 14.2 Å². The second kappa shape index (κ2) is 7.48. The number of carbonyl (C=O) groups excluding carboxylic acids is 1. The highest BCUT2D eigenvalue weighted by atomic mass is 16.5. The molecule has 0 saturated heterocycles. The molecule has 1 heterocycles. The summed E-state index contributed by atoms with van der Waals surface area (Å²) in [4.78, 5) is 20.5. The molecule has 3 N–H and O–H groups in total. The molecule has 1 amide bonds. The number of benzene rings is 1. The van der Waals surface area contributed by atoms with Gasteiger partial charge in [0.05, 0.1) is 25.8 Å². The Kier molecular flexibility index (Phi) is 5.58. The number of hydrogen-bond acceptors (Lipinski definition) is 6. The molecular weight excluding hydrogens is 322 g/mol. The molecule has 0 fully saturated rings. The molecule has 2 aromatic rings. The van der Waals surface area contributed by atoms with Crippen LogP contribution in [0.15, 0.2) is 30.3 Å². The molecule has 25 heavy (non-hydrogen) atoms. The number of nitrogens with two attached hydrogens (primary N) is 1. The molecule has 7 nitrogen and oxygen atoms in total. The first kappa shape index (κ1) is 18.7. The summed E-state index contributed by atoms with van der Waals surface area (Å²) in [6.45, 7) is 3.45. The quantitative estimate of drug-likeness (QED) is 0.786. The molecule has 0 aliphatic heterocycles. The molecule has 134 valence electrons. The summed E-state index contributed by atoms with van der Waals surface area (Å²) in [5, 5.41) is 11.6. The summed E-state index contributed by atoms with van der Waals surface area (Å²) < 4.78 is 10.5. The highest BCUT2D eigenvalue weighted by Gasteiger charge is 2.44. The van der Waals surface area contributed by atoms with Crippen molar-refractivity contribution in [3.8, 4) is 11.9 Å². The van der Waals surface area contributed by atoms with E-state index in [1.807, 2.05) is 13.0 Å². The van der Waals surface area contributed by atoms with Crippen LogP contribution in [0.5, 0.6) is 11.9 Å². The zero-order chi connectivity index (χ0) is 18.6. The molecule has 7 heteroatoms. The average Bonchev–Trinajstić information content (AvgIpc) is 2.65. The van der Waals surface area contributed by atoms with Gasteiger partial charge in [-0.3, -0.25) is 4.79 Å². The standard InChI is InChI=1S/C18H23N3O4/c1-5-13-14(20-17(25-4)21-16(13)24-3)18(23,11(2)15(19)22)12-9-7-6-8-10-12/h6-11,23H,5H2,1-4H3,(H2,19,22). The fraction of sp³-hybridized carbons (Fsp3) is 0.389. The molecule has 0 radical (unpaired) electrons. The zero-order valence-electron chi connectivity index (χ0n) is 14.8. The van der Waals surface area contributed by atoms with Crippen LogP contribution in [-0.2, 0) is 16.8 Å². The van der Waals surface area contributed by atoms with Crippen LogP contribution in [0.2, 0.25) is 0 Å². The van der Waals surface area contributed by atoms with Crippen molar-refractivity contribution in [3.63, 3.8) is 0 Å². The van der Waals surface area contributed by atoms with Gasteiger partial charge in [-0.1, -0.05) is 44.2 Å². The van der Waals surface area contributed by atoms with Gasteiger partial charge in [0.25, 0.3) is 0 Å². The topological polar surface area (TPSA) is 108 Å². The Bertz CT molecular complexity index is 751. The number of hydrogen-bond donors (Lipinski definition) is 2. The third-order valence-electron chi connectivity index (χ3n) is 4.31. The van der Waals surface area contributed by atoms with Crippen LogP contribution in [0, 0.1) is 5.92 Å². The lowest BCUT2D eigenvalue weighted by Crippen LogP contribution is -2.43. The van der Waals surface area contributed by atoms with Gasteiger partial charge in [0.1, 0.15) is 5.60 Å². The van der Waals surface area contributed by atoms with E-state index in [0.29, 0.717) is 17.5 Å². The molecular formula is C18H23N3O4. The van der Waals surface area contributed by atoms with Crippen molar-refractivity contribution in [1.82, 2.24) is 9.97 Å². The van der Waals surface area contributed by atoms with Crippen LogP contribution in [0.3, 0.4) is 0 Å². The molecule has 0 saturated carbocycles. The molecule has 0 aliphatic carbocycles. The number of aromatic nitrogens is 2. The smallest absolute Gasteiger partial charge is 0.319 e. The molecule has 2 unspecified atom stereocenters. The minimum atomic E-state index is -1.75. The van der Waals surface area contributed by atoms with Crippen molar-refractivity contribution in [1.29, 1.82) is 0 Å². The normalized spacial score (nSPS) is 14.4. The number of primary amides is 1. The molecule has 0 aliphatic rings. The first-order chi connectivity index (χ1) is 11.9. The van der Waals surface area contributed by atoms with Crippen molar-refractivity contribution in [2.24, 2.45) is 11.7 Å². The Balaban J connectivity index is 2.85.